The number of hydrogen-bond acceptors (Lipinski definition) is 4. The molecule has 2 aliphatic rings. The molecule has 7 nitrogen and oxygen atoms in total. The second kappa shape index (κ2) is 11.1. The first-order valence-corrected chi connectivity index (χ1v) is 14.0. The lowest BCUT2D eigenvalue weighted by Crippen LogP contribution is -2.45. The molecule has 0 bridgehead atoms. The zero-order valence-corrected chi connectivity index (χ0v) is 21.1. The second-order valence-electron chi connectivity index (χ2n) is 9.59. The van der Waals surface area contributed by atoms with Gasteiger partial charge in [0.05, 0.1) is 5.75 Å². The molecule has 2 unspecified atom stereocenters. The molecule has 2 atom stereocenters. The molecule has 196 valence electrons. The number of benzene rings is 2. The van der Waals surface area contributed by atoms with E-state index in [0.29, 0.717) is 30.7 Å². The van der Waals surface area contributed by atoms with Crippen LogP contribution in [0, 0.1) is 17.6 Å². The molecule has 2 N–H and O–H groups in total. The molecule has 1 amide bonds. The Morgan fingerprint density at radius 3 is 2.50 bits per heavy atom. The number of nitrogens with one attached hydrogen (secondary N) is 1. The van der Waals surface area contributed by atoms with Crippen LogP contribution in [-0.4, -0.2) is 56.0 Å². The van der Waals surface area contributed by atoms with E-state index in [2.05, 4.69) is 4.72 Å². The third-order valence-electron chi connectivity index (χ3n) is 6.90. The van der Waals surface area contributed by atoms with Crippen LogP contribution in [0.15, 0.2) is 36.4 Å². The van der Waals surface area contributed by atoms with Crippen LogP contribution in [0.4, 0.5) is 13.6 Å². The number of carbonyl (C=O) groups is 1. The van der Waals surface area contributed by atoms with Crippen LogP contribution >= 0.6 is 0 Å². The number of rotatable bonds is 11. The summed E-state index contributed by atoms with van der Waals surface area (Å²) in [7, 11) is -3.32. The van der Waals surface area contributed by atoms with Crippen LogP contribution < -0.4 is 9.46 Å². The normalized spacial score (nSPS) is 19.5. The molecule has 0 radical (unpaired) electrons. The molecule has 10 heteroatoms. The number of fused-ring (bicyclic) bond motifs is 1. The fraction of sp³-hybridized carbons (Fsp3) is 0.500. The highest BCUT2D eigenvalue weighted by molar-refractivity contribution is 7.89. The van der Waals surface area contributed by atoms with Crippen molar-refractivity contribution < 1.29 is 31.8 Å². The van der Waals surface area contributed by atoms with Crippen molar-refractivity contribution in [1.82, 2.24) is 9.62 Å². The Balaban J connectivity index is 1.53. The highest BCUT2D eigenvalue weighted by atomic mass is 32.2. The minimum atomic E-state index is -3.32. The molecule has 2 aliphatic carbocycles. The number of aryl methyl sites for hydroxylation is 1. The first-order valence-electron chi connectivity index (χ1n) is 12.3. The van der Waals surface area contributed by atoms with E-state index in [9.17, 15) is 27.1 Å². The van der Waals surface area contributed by atoms with Gasteiger partial charge in [0.15, 0.2) is 0 Å². The number of hydrogen-bond donors (Lipinski definition) is 2. The molecule has 0 saturated heterocycles. The minimum absolute atomic E-state index is 0.141. The first-order chi connectivity index (χ1) is 17.1. The number of ether oxygens (including phenoxy) is 1. The van der Waals surface area contributed by atoms with Gasteiger partial charge in [0.25, 0.3) is 0 Å². The summed E-state index contributed by atoms with van der Waals surface area (Å²) in [6, 6.07) is 8.58. The molecule has 0 aliphatic heterocycles. The SMILES string of the molecule is CCN(C(=O)O)C1CCc2ccc(OCCNS(=O)(=O)CC3CC3)cc2C1Cc1cc(F)cc(F)c1. The van der Waals surface area contributed by atoms with Gasteiger partial charge in [-0.15, -0.1) is 0 Å². The average molecular weight is 523 g/mol. The Labute approximate surface area is 210 Å². The van der Waals surface area contributed by atoms with E-state index in [1.54, 1.807) is 6.92 Å². The number of nitrogens with zero attached hydrogens (tertiary/aromatic N) is 1. The van der Waals surface area contributed by atoms with Crippen molar-refractivity contribution in [1.29, 1.82) is 0 Å². The van der Waals surface area contributed by atoms with Gasteiger partial charge in [0.1, 0.15) is 24.0 Å². The Hall–Kier alpha value is -2.72. The zero-order valence-electron chi connectivity index (χ0n) is 20.3. The summed E-state index contributed by atoms with van der Waals surface area (Å²) in [5, 5.41) is 9.79. The molecule has 0 aromatic heterocycles. The van der Waals surface area contributed by atoms with Crippen molar-refractivity contribution in [3.05, 3.63) is 64.7 Å². The van der Waals surface area contributed by atoms with Gasteiger partial charge in [-0.3, -0.25) is 0 Å². The first kappa shape index (κ1) is 26.3. The molecule has 0 heterocycles. The lowest BCUT2D eigenvalue weighted by Gasteiger charge is -2.39. The van der Waals surface area contributed by atoms with Gasteiger partial charge in [-0.25, -0.2) is 26.7 Å². The molecule has 4 rings (SSSR count). The van der Waals surface area contributed by atoms with Crippen molar-refractivity contribution in [2.24, 2.45) is 5.92 Å². The number of sulfonamides is 1. The van der Waals surface area contributed by atoms with Crippen molar-refractivity contribution in [3.8, 4) is 5.75 Å². The maximum absolute atomic E-state index is 13.9. The van der Waals surface area contributed by atoms with Crippen LogP contribution in [0.3, 0.4) is 0 Å². The van der Waals surface area contributed by atoms with Crippen LogP contribution in [0.2, 0.25) is 0 Å². The van der Waals surface area contributed by atoms with E-state index in [4.69, 9.17) is 4.74 Å². The van der Waals surface area contributed by atoms with Gasteiger partial charge in [0, 0.05) is 31.1 Å². The molecule has 0 spiro atoms. The molecule has 36 heavy (non-hydrogen) atoms. The highest BCUT2D eigenvalue weighted by Crippen LogP contribution is 2.39. The van der Waals surface area contributed by atoms with E-state index >= 15 is 0 Å². The highest BCUT2D eigenvalue weighted by Gasteiger charge is 2.36. The number of carboxylic acid groups (broad SMARTS) is 1. The quantitative estimate of drug-likeness (QED) is 0.429. The predicted octanol–water partition coefficient (Wildman–Crippen LogP) is 4.31. The smallest absolute Gasteiger partial charge is 0.407 e. The van der Waals surface area contributed by atoms with E-state index in [1.807, 2.05) is 18.2 Å². The van der Waals surface area contributed by atoms with Crippen molar-refractivity contribution in [2.75, 3.05) is 25.4 Å². The van der Waals surface area contributed by atoms with Gasteiger partial charge in [-0.05, 0) is 85.9 Å². The summed E-state index contributed by atoms with van der Waals surface area (Å²) in [5.41, 5.74) is 2.36. The van der Waals surface area contributed by atoms with Gasteiger partial charge in [0.2, 0.25) is 10.0 Å². The Kier molecular flexibility index (Phi) is 8.14. The van der Waals surface area contributed by atoms with Gasteiger partial charge in [-0.1, -0.05) is 6.07 Å². The largest absolute Gasteiger partial charge is 0.492 e. The van der Waals surface area contributed by atoms with E-state index in [0.717, 1.165) is 30.0 Å². The second-order valence-corrected chi connectivity index (χ2v) is 11.4. The van der Waals surface area contributed by atoms with Crippen LogP contribution in [0.25, 0.3) is 0 Å². The zero-order chi connectivity index (χ0) is 25.9. The maximum atomic E-state index is 13.9. The molecular weight excluding hydrogens is 490 g/mol. The monoisotopic (exact) mass is 522 g/mol. The molecule has 2 aromatic carbocycles. The van der Waals surface area contributed by atoms with E-state index in [-0.39, 0.29) is 43.2 Å². The topological polar surface area (TPSA) is 95.9 Å². The van der Waals surface area contributed by atoms with E-state index < -0.39 is 27.8 Å². The van der Waals surface area contributed by atoms with Gasteiger partial charge >= 0.3 is 6.09 Å². The molecule has 1 fully saturated rings. The van der Waals surface area contributed by atoms with Crippen molar-refractivity contribution in [3.63, 3.8) is 0 Å². The minimum Gasteiger partial charge on any atom is -0.492 e. The molecule has 1 saturated carbocycles. The Morgan fingerprint density at radius 2 is 1.86 bits per heavy atom. The lowest BCUT2D eigenvalue weighted by atomic mass is 9.75. The summed E-state index contributed by atoms with van der Waals surface area (Å²) in [6.45, 7) is 2.35. The molecule has 2 aromatic rings. The van der Waals surface area contributed by atoms with Crippen LogP contribution in [-0.2, 0) is 22.9 Å². The fourth-order valence-corrected chi connectivity index (χ4v) is 6.55. The lowest BCUT2D eigenvalue weighted by molar-refractivity contribution is 0.113. The molecular formula is C26H32F2N2O5S. The van der Waals surface area contributed by atoms with Crippen LogP contribution in [0.1, 0.15) is 48.8 Å². The van der Waals surface area contributed by atoms with E-state index in [1.165, 1.54) is 17.0 Å². The summed E-state index contributed by atoms with van der Waals surface area (Å²) < 4.78 is 60.3. The summed E-state index contributed by atoms with van der Waals surface area (Å²) >= 11 is 0. The van der Waals surface area contributed by atoms with Gasteiger partial charge in [-0.2, -0.15) is 0 Å². The number of halogens is 2. The predicted molar refractivity (Wildman–Crippen MR) is 132 cm³/mol. The fourth-order valence-electron chi connectivity index (χ4n) is 5.08. The summed E-state index contributed by atoms with van der Waals surface area (Å²) in [5.74, 6) is -0.744. The Bertz CT molecular complexity index is 1180. The third kappa shape index (κ3) is 6.73. The summed E-state index contributed by atoms with van der Waals surface area (Å²) in [4.78, 5) is 13.3. The Morgan fingerprint density at radius 1 is 1.14 bits per heavy atom. The third-order valence-corrected chi connectivity index (χ3v) is 8.45. The van der Waals surface area contributed by atoms with Gasteiger partial charge < -0.3 is 14.7 Å². The van der Waals surface area contributed by atoms with Crippen LogP contribution in [0.5, 0.6) is 5.75 Å². The average Bonchev–Trinajstić information content (AvgIpc) is 3.61. The summed E-state index contributed by atoms with van der Waals surface area (Å²) in [6.07, 6.45) is 2.40. The van der Waals surface area contributed by atoms with Crippen molar-refractivity contribution in [2.45, 2.75) is 51.0 Å². The number of amides is 1. The standard InChI is InChI=1S/C26H32F2N2O5S/c1-2-30(26(31)32)25-8-6-19-5-7-22(35-10-9-29-36(33,34)16-17-3-4-17)15-23(19)24(25)13-18-11-20(27)14-21(28)12-18/h5,7,11-12,14-15,17,24-25,29H,2-4,6,8-10,13,16H2,1H3,(H,31,32). The van der Waals surface area contributed by atoms with Crippen molar-refractivity contribution >= 4 is 16.1 Å². The maximum Gasteiger partial charge on any atom is 0.407 e. The number of likely N-dealkylation sites (N-methyl/N-ethyl adjacent to an activating group) is 1.